The number of carbonyl (C=O) groups is 2. The van der Waals surface area contributed by atoms with Gasteiger partial charge in [0.1, 0.15) is 11.6 Å². The Morgan fingerprint density at radius 2 is 1.93 bits per heavy atom. The Kier molecular flexibility index (Phi) is 4.28. The van der Waals surface area contributed by atoms with E-state index in [0.717, 1.165) is 5.56 Å². The lowest BCUT2D eigenvalue weighted by molar-refractivity contribution is -0.142. The monoisotopic (exact) mass is 396 g/mol. The van der Waals surface area contributed by atoms with E-state index in [4.69, 9.17) is 9.47 Å². The summed E-state index contributed by atoms with van der Waals surface area (Å²) in [4.78, 5) is 29.2. The van der Waals surface area contributed by atoms with Gasteiger partial charge in [0.25, 0.3) is 5.91 Å². The molecule has 0 bridgehead atoms. The van der Waals surface area contributed by atoms with Crippen molar-refractivity contribution < 1.29 is 23.5 Å². The van der Waals surface area contributed by atoms with Crippen LogP contribution in [0.3, 0.4) is 0 Å². The van der Waals surface area contributed by atoms with Crippen LogP contribution in [0.5, 0.6) is 5.75 Å². The van der Waals surface area contributed by atoms with E-state index in [2.05, 4.69) is 0 Å². The largest absolute Gasteiger partial charge is 0.484 e. The SMILES string of the molecule is O=C(COc1ccc(F)cc1)N1CC[C@@]23OC[C@@H](c4ccccc4)N2C(=O)C[C@@H]13. The van der Waals surface area contributed by atoms with Crippen molar-refractivity contribution in [2.24, 2.45) is 0 Å². The number of rotatable bonds is 4. The first kappa shape index (κ1) is 18.1. The predicted octanol–water partition coefficient (Wildman–Crippen LogP) is 2.51. The van der Waals surface area contributed by atoms with Crippen LogP contribution in [0.1, 0.15) is 24.4 Å². The molecule has 0 unspecified atom stereocenters. The number of benzene rings is 2. The number of ether oxygens (including phenoxy) is 2. The summed E-state index contributed by atoms with van der Waals surface area (Å²) >= 11 is 0. The summed E-state index contributed by atoms with van der Waals surface area (Å²) in [7, 11) is 0. The van der Waals surface area contributed by atoms with Gasteiger partial charge < -0.3 is 19.3 Å². The first-order chi connectivity index (χ1) is 14.1. The summed E-state index contributed by atoms with van der Waals surface area (Å²) in [6, 6.07) is 15.0. The highest BCUT2D eigenvalue weighted by atomic mass is 19.1. The normalized spacial score (nSPS) is 27.8. The Balaban J connectivity index is 1.32. The molecule has 3 atom stereocenters. The van der Waals surface area contributed by atoms with Crippen LogP contribution in [-0.2, 0) is 14.3 Å². The molecule has 3 heterocycles. The van der Waals surface area contributed by atoms with Crippen molar-refractivity contribution in [3.8, 4) is 5.75 Å². The van der Waals surface area contributed by atoms with E-state index in [0.29, 0.717) is 25.3 Å². The van der Waals surface area contributed by atoms with Crippen molar-refractivity contribution in [2.45, 2.75) is 30.7 Å². The van der Waals surface area contributed by atoms with Crippen molar-refractivity contribution in [3.05, 3.63) is 66.0 Å². The number of hydrogen-bond acceptors (Lipinski definition) is 4. The minimum Gasteiger partial charge on any atom is -0.484 e. The molecule has 2 aromatic rings. The second kappa shape index (κ2) is 6.84. The molecule has 0 N–H and O–H groups in total. The van der Waals surface area contributed by atoms with Gasteiger partial charge in [-0.1, -0.05) is 30.3 Å². The predicted molar refractivity (Wildman–Crippen MR) is 101 cm³/mol. The van der Waals surface area contributed by atoms with Crippen LogP contribution in [0.2, 0.25) is 0 Å². The van der Waals surface area contributed by atoms with Crippen LogP contribution >= 0.6 is 0 Å². The molecule has 2 amide bonds. The fourth-order valence-corrected chi connectivity index (χ4v) is 4.82. The Labute approximate surface area is 167 Å². The Hall–Kier alpha value is -2.93. The Bertz CT molecular complexity index is 936. The molecule has 3 aliphatic rings. The molecule has 3 aliphatic heterocycles. The molecule has 0 radical (unpaired) electrons. The van der Waals surface area contributed by atoms with Crippen LogP contribution in [0, 0.1) is 5.82 Å². The fraction of sp³-hybridized carbons (Fsp3) is 0.364. The van der Waals surface area contributed by atoms with Gasteiger partial charge in [0.15, 0.2) is 12.3 Å². The fourth-order valence-electron chi connectivity index (χ4n) is 4.82. The molecular formula is C22H21FN2O4. The highest BCUT2D eigenvalue weighted by Gasteiger charge is 2.65. The number of amides is 2. The molecule has 1 spiro atoms. The molecule has 0 aromatic heterocycles. The van der Waals surface area contributed by atoms with Crippen molar-refractivity contribution >= 4 is 11.8 Å². The van der Waals surface area contributed by atoms with Crippen LogP contribution in [-0.4, -0.2) is 53.1 Å². The summed E-state index contributed by atoms with van der Waals surface area (Å²) in [6.07, 6.45) is 0.848. The summed E-state index contributed by atoms with van der Waals surface area (Å²) in [5, 5.41) is 0. The lowest BCUT2D eigenvalue weighted by Gasteiger charge is -2.33. The molecule has 6 nitrogen and oxygen atoms in total. The van der Waals surface area contributed by atoms with Gasteiger partial charge in [-0.25, -0.2) is 4.39 Å². The molecule has 2 aromatic carbocycles. The highest BCUT2D eigenvalue weighted by molar-refractivity contribution is 5.85. The van der Waals surface area contributed by atoms with E-state index in [1.54, 1.807) is 4.90 Å². The molecule has 0 aliphatic carbocycles. The molecule has 29 heavy (non-hydrogen) atoms. The van der Waals surface area contributed by atoms with E-state index >= 15 is 0 Å². The molecule has 0 saturated carbocycles. The lowest BCUT2D eigenvalue weighted by atomic mass is 10.0. The van der Waals surface area contributed by atoms with E-state index in [-0.39, 0.29) is 42.7 Å². The topological polar surface area (TPSA) is 59.1 Å². The van der Waals surface area contributed by atoms with E-state index in [1.165, 1.54) is 24.3 Å². The Morgan fingerprint density at radius 3 is 2.69 bits per heavy atom. The third-order valence-electron chi connectivity index (χ3n) is 6.14. The number of halogens is 1. The van der Waals surface area contributed by atoms with Crippen molar-refractivity contribution in [3.63, 3.8) is 0 Å². The van der Waals surface area contributed by atoms with Gasteiger partial charge in [-0.15, -0.1) is 0 Å². The molecule has 5 rings (SSSR count). The van der Waals surface area contributed by atoms with Crippen LogP contribution in [0.25, 0.3) is 0 Å². The maximum Gasteiger partial charge on any atom is 0.260 e. The third kappa shape index (κ3) is 2.88. The maximum atomic E-state index is 13.0. The van der Waals surface area contributed by atoms with Crippen LogP contribution in [0.15, 0.2) is 54.6 Å². The average Bonchev–Trinajstić information content (AvgIpc) is 3.37. The van der Waals surface area contributed by atoms with Gasteiger partial charge in [0.2, 0.25) is 5.91 Å². The van der Waals surface area contributed by atoms with Gasteiger partial charge in [-0.2, -0.15) is 0 Å². The molecule has 7 heteroatoms. The average molecular weight is 396 g/mol. The van der Waals surface area contributed by atoms with E-state index < -0.39 is 5.72 Å². The van der Waals surface area contributed by atoms with Gasteiger partial charge in [0.05, 0.1) is 25.1 Å². The molecule has 150 valence electrons. The smallest absolute Gasteiger partial charge is 0.260 e. The first-order valence-corrected chi connectivity index (χ1v) is 9.77. The van der Waals surface area contributed by atoms with Gasteiger partial charge in [-0.3, -0.25) is 9.59 Å². The number of hydrogen-bond donors (Lipinski definition) is 0. The van der Waals surface area contributed by atoms with Crippen LogP contribution < -0.4 is 4.74 Å². The van der Waals surface area contributed by atoms with Gasteiger partial charge >= 0.3 is 0 Å². The standard InChI is InChI=1S/C22H21FN2O4/c23-16-6-8-17(9-7-16)28-14-21(27)24-11-10-22-19(24)12-20(26)25(22)18(13-29-22)15-4-2-1-3-5-15/h1-9,18-19H,10-14H2/t18-,19+,22-/m0/s1. The second-order valence-corrected chi connectivity index (χ2v) is 7.65. The van der Waals surface area contributed by atoms with Crippen molar-refractivity contribution in [2.75, 3.05) is 19.8 Å². The van der Waals surface area contributed by atoms with E-state index in [1.807, 2.05) is 35.2 Å². The zero-order valence-electron chi connectivity index (χ0n) is 15.8. The summed E-state index contributed by atoms with van der Waals surface area (Å²) in [6.45, 7) is 0.788. The zero-order chi connectivity index (χ0) is 20.0. The van der Waals surface area contributed by atoms with E-state index in [9.17, 15) is 14.0 Å². The quantitative estimate of drug-likeness (QED) is 0.797. The zero-order valence-corrected chi connectivity index (χ0v) is 15.8. The van der Waals surface area contributed by atoms with Crippen LogP contribution in [0.4, 0.5) is 4.39 Å². The maximum absolute atomic E-state index is 13.0. The number of nitrogens with zero attached hydrogens (tertiary/aromatic N) is 2. The lowest BCUT2D eigenvalue weighted by Crippen LogP contribution is -2.49. The van der Waals surface area contributed by atoms with Crippen molar-refractivity contribution in [1.29, 1.82) is 0 Å². The summed E-state index contributed by atoms with van der Waals surface area (Å²) in [5.41, 5.74) is 0.297. The number of carbonyl (C=O) groups excluding carboxylic acids is 2. The minimum absolute atomic E-state index is 0.0123. The van der Waals surface area contributed by atoms with Gasteiger partial charge in [-0.05, 0) is 29.8 Å². The third-order valence-corrected chi connectivity index (χ3v) is 6.14. The molecule has 3 saturated heterocycles. The Morgan fingerprint density at radius 1 is 1.17 bits per heavy atom. The minimum atomic E-state index is -0.747. The second-order valence-electron chi connectivity index (χ2n) is 7.65. The highest BCUT2D eigenvalue weighted by Crippen LogP contribution is 2.51. The number of likely N-dealkylation sites (tertiary alicyclic amines) is 1. The molecular weight excluding hydrogens is 375 g/mol. The first-order valence-electron chi connectivity index (χ1n) is 9.77. The van der Waals surface area contributed by atoms with Crippen molar-refractivity contribution in [1.82, 2.24) is 9.80 Å². The molecule has 3 fully saturated rings. The summed E-state index contributed by atoms with van der Waals surface area (Å²) in [5.74, 6) is -0.115. The summed E-state index contributed by atoms with van der Waals surface area (Å²) < 4.78 is 24.7. The van der Waals surface area contributed by atoms with Gasteiger partial charge in [0, 0.05) is 13.0 Å².